The van der Waals surface area contributed by atoms with Crippen LogP contribution in [0.15, 0.2) is 40.9 Å². The first-order chi connectivity index (χ1) is 10.7. The number of ether oxygens (including phenoxy) is 1. The molecule has 0 bridgehead atoms. The van der Waals surface area contributed by atoms with Gasteiger partial charge in [0.25, 0.3) is 5.89 Å². The van der Waals surface area contributed by atoms with Gasteiger partial charge in [-0.15, -0.1) is 0 Å². The molecule has 0 saturated carbocycles. The van der Waals surface area contributed by atoms with E-state index < -0.39 is 0 Å². The molecule has 1 aromatic carbocycles. The Bertz CT molecular complexity index is 673. The minimum absolute atomic E-state index is 0.0257. The Balaban J connectivity index is 1.58. The third-order valence-corrected chi connectivity index (χ3v) is 3.72. The molecule has 1 aliphatic carbocycles. The highest BCUT2D eigenvalue weighted by Gasteiger charge is 2.21. The van der Waals surface area contributed by atoms with Crippen LogP contribution >= 0.6 is 0 Å². The zero-order chi connectivity index (χ0) is 15.4. The van der Waals surface area contributed by atoms with Gasteiger partial charge >= 0.3 is 5.97 Å². The average Bonchev–Trinajstić information content (AvgIpc) is 3.03. The van der Waals surface area contributed by atoms with Crippen LogP contribution in [0.3, 0.4) is 0 Å². The summed E-state index contributed by atoms with van der Waals surface area (Å²) in [5, 5.41) is 3.92. The smallest absolute Gasteiger partial charge is 0.309 e. The lowest BCUT2D eigenvalue weighted by Crippen LogP contribution is -2.18. The second kappa shape index (κ2) is 6.56. The molecule has 1 heterocycles. The number of aromatic nitrogens is 2. The van der Waals surface area contributed by atoms with Gasteiger partial charge in [-0.3, -0.25) is 4.79 Å². The van der Waals surface area contributed by atoms with Crippen LogP contribution in [0.1, 0.15) is 30.7 Å². The molecule has 1 aromatic heterocycles. The van der Waals surface area contributed by atoms with Crippen LogP contribution in [0.5, 0.6) is 0 Å². The number of esters is 1. The second-order valence-corrected chi connectivity index (χ2v) is 5.47. The van der Waals surface area contributed by atoms with E-state index in [1.807, 2.05) is 37.3 Å². The normalized spacial score (nSPS) is 17.4. The summed E-state index contributed by atoms with van der Waals surface area (Å²) in [6, 6.07) is 7.85. The highest BCUT2D eigenvalue weighted by atomic mass is 16.6. The van der Waals surface area contributed by atoms with Crippen LogP contribution < -0.4 is 0 Å². The van der Waals surface area contributed by atoms with Crippen molar-refractivity contribution < 1.29 is 14.1 Å². The minimum atomic E-state index is -0.195. The summed E-state index contributed by atoms with van der Waals surface area (Å²) >= 11 is 0. The quantitative estimate of drug-likeness (QED) is 0.639. The van der Waals surface area contributed by atoms with Crippen molar-refractivity contribution in [1.82, 2.24) is 10.1 Å². The van der Waals surface area contributed by atoms with Gasteiger partial charge in [-0.1, -0.05) is 47.1 Å². The van der Waals surface area contributed by atoms with Crippen molar-refractivity contribution in [2.45, 2.75) is 32.8 Å². The van der Waals surface area contributed by atoms with Crippen molar-refractivity contribution in [3.8, 4) is 11.4 Å². The van der Waals surface area contributed by atoms with Crippen molar-refractivity contribution in [3.05, 3.63) is 47.9 Å². The van der Waals surface area contributed by atoms with E-state index in [-0.39, 0.29) is 18.5 Å². The molecule has 0 N–H and O–H groups in total. The number of nitrogens with zero attached hydrogens (tertiary/aromatic N) is 2. The van der Waals surface area contributed by atoms with E-state index >= 15 is 0 Å². The summed E-state index contributed by atoms with van der Waals surface area (Å²) in [5.41, 5.74) is 2.05. The molecule has 3 rings (SSSR count). The SMILES string of the molecule is Cc1ccc(-c2noc(COC(=O)[C@H]3CC=CCC3)n2)cc1. The molecule has 0 amide bonds. The van der Waals surface area contributed by atoms with Gasteiger partial charge in [-0.2, -0.15) is 4.98 Å². The maximum atomic E-state index is 11.9. The van der Waals surface area contributed by atoms with E-state index in [0.717, 1.165) is 24.8 Å². The van der Waals surface area contributed by atoms with Gasteiger partial charge in [0.2, 0.25) is 5.82 Å². The number of hydrogen-bond acceptors (Lipinski definition) is 5. The molecular weight excluding hydrogens is 280 g/mol. The Kier molecular flexibility index (Phi) is 4.32. The van der Waals surface area contributed by atoms with Gasteiger partial charge in [-0.25, -0.2) is 0 Å². The molecular formula is C17H18N2O3. The van der Waals surface area contributed by atoms with Crippen LogP contribution in [0.25, 0.3) is 11.4 Å². The Morgan fingerprint density at radius 3 is 2.86 bits per heavy atom. The van der Waals surface area contributed by atoms with Crippen LogP contribution in [-0.2, 0) is 16.1 Å². The number of carbonyl (C=O) groups excluding carboxylic acids is 1. The molecule has 2 aromatic rings. The first kappa shape index (κ1) is 14.5. The standard InChI is InChI=1S/C17H18N2O3/c1-12-7-9-13(10-8-12)16-18-15(22-19-16)11-21-17(20)14-5-3-2-4-6-14/h2-3,7-10,14H,4-6,11H2,1H3/t14-/m0/s1. The second-order valence-electron chi connectivity index (χ2n) is 5.47. The van der Waals surface area contributed by atoms with Gasteiger partial charge in [-0.05, 0) is 26.2 Å². The average molecular weight is 298 g/mol. The summed E-state index contributed by atoms with van der Waals surface area (Å²) < 4.78 is 10.4. The van der Waals surface area contributed by atoms with E-state index in [9.17, 15) is 4.79 Å². The predicted octanol–water partition coefficient (Wildman–Crippen LogP) is 3.44. The van der Waals surface area contributed by atoms with Crippen LogP contribution in [0.2, 0.25) is 0 Å². The third-order valence-electron chi connectivity index (χ3n) is 3.72. The molecule has 0 aliphatic heterocycles. The Hall–Kier alpha value is -2.43. The predicted molar refractivity (Wildman–Crippen MR) is 80.7 cm³/mol. The molecule has 1 aliphatic rings. The fraction of sp³-hybridized carbons (Fsp3) is 0.353. The highest BCUT2D eigenvalue weighted by Crippen LogP contribution is 2.20. The molecule has 22 heavy (non-hydrogen) atoms. The van der Waals surface area contributed by atoms with E-state index in [0.29, 0.717) is 11.7 Å². The third kappa shape index (κ3) is 3.42. The molecule has 114 valence electrons. The number of benzene rings is 1. The molecule has 1 atom stereocenters. The van der Waals surface area contributed by atoms with Crippen LogP contribution in [0.4, 0.5) is 0 Å². The first-order valence-electron chi connectivity index (χ1n) is 7.43. The molecule has 0 saturated heterocycles. The van der Waals surface area contributed by atoms with Crippen molar-refractivity contribution in [2.24, 2.45) is 5.92 Å². The molecule has 0 unspecified atom stereocenters. The van der Waals surface area contributed by atoms with Crippen molar-refractivity contribution in [1.29, 1.82) is 0 Å². The van der Waals surface area contributed by atoms with Crippen molar-refractivity contribution in [3.63, 3.8) is 0 Å². The summed E-state index contributed by atoms with van der Waals surface area (Å²) in [4.78, 5) is 16.2. The topological polar surface area (TPSA) is 65.2 Å². The van der Waals surface area contributed by atoms with E-state index in [2.05, 4.69) is 16.2 Å². The lowest BCUT2D eigenvalue weighted by molar-refractivity contribution is -0.150. The maximum Gasteiger partial charge on any atom is 0.309 e. The summed E-state index contributed by atoms with van der Waals surface area (Å²) in [6.07, 6.45) is 6.64. The van der Waals surface area contributed by atoms with Crippen LogP contribution in [-0.4, -0.2) is 16.1 Å². The number of rotatable bonds is 4. The van der Waals surface area contributed by atoms with Gasteiger partial charge in [0.05, 0.1) is 5.92 Å². The Labute approximate surface area is 129 Å². The molecule has 0 radical (unpaired) electrons. The highest BCUT2D eigenvalue weighted by molar-refractivity contribution is 5.72. The number of allylic oxidation sites excluding steroid dienone is 2. The first-order valence-corrected chi connectivity index (χ1v) is 7.43. The van der Waals surface area contributed by atoms with E-state index in [1.165, 1.54) is 5.56 Å². The maximum absolute atomic E-state index is 11.9. The largest absolute Gasteiger partial charge is 0.455 e. The van der Waals surface area contributed by atoms with E-state index in [1.54, 1.807) is 0 Å². The number of aryl methyl sites for hydroxylation is 1. The molecule has 5 nitrogen and oxygen atoms in total. The zero-order valence-corrected chi connectivity index (χ0v) is 12.5. The fourth-order valence-corrected chi connectivity index (χ4v) is 2.39. The lowest BCUT2D eigenvalue weighted by atomic mass is 9.95. The van der Waals surface area contributed by atoms with Crippen molar-refractivity contribution >= 4 is 5.97 Å². The van der Waals surface area contributed by atoms with Gasteiger partial charge in [0.15, 0.2) is 6.61 Å². The summed E-state index contributed by atoms with van der Waals surface area (Å²) in [5.74, 6) is 0.575. The number of hydrogen-bond donors (Lipinski definition) is 0. The lowest BCUT2D eigenvalue weighted by Gasteiger charge is -2.15. The minimum Gasteiger partial charge on any atom is -0.455 e. The summed E-state index contributed by atoms with van der Waals surface area (Å²) in [7, 11) is 0. The summed E-state index contributed by atoms with van der Waals surface area (Å²) in [6.45, 7) is 2.04. The zero-order valence-electron chi connectivity index (χ0n) is 12.5. The van der Waals surface area contributed by atoms with Gasteiger partial charge < -0.3 is 9.26 Å². The molecule has 5 heteroatoms. The molecule has 0 fully saturated rings. The molecule has 0 spiro atoms. The van der Waals surface area contributed by atoms with Crippen molar-refractivity contribution in [2.75, 3.05) is 0 Å². The van der Waals surface area contributed by atoms with Gasteiger partial charge in [0.1, 0.15) is 0 Å². The van der Waals surface area contributed by atoms with Crippen LogP contribution in [0, 0.1) is 12.8 Å². The van der Waals surface area contributed by atoms with Gasteiger partial charge in [0, 0.05) is 5.56 Å². The monoisotopic (exact) mass is 298 g/mol. The Morgan fingerprint density at radius 1 is 1.32 bits per heavy atom. The Morgan fingerprint density at radius 2 is 2.14 bits per heavy atom. The number of carbonyl (C=O) groups is 1. The fourth-order valence-electron chi connectivity index (χ4n) is 2.39. The van der Waals surface area contributed by atoms with E-state index in [4.69, 9.17) is 9.26 Å².